The maximum Gasteiger partial charge on any atom is 0.263 e. The molecule has 2 heterocycles. The van der Waals surface area contributed by atoms with E-state index in [4.69, 9.17) is 4.74 Å². The summed E-state index contributed by atoms with van der Waals surface area (Å²) in [5.74, 6) is 0.466. The Bertz CT molecular complexity index is 681. The lowest BCUT2D eigenvalue weighted by Crippen LogP contribution is -2.24. The summed E-state index contributed by atoms with van der Waals surface area (Å²) in [6.07, 6.45) is 2.64. The topological polar surface area (TPSA) is 84.8 Å². The van der Waals surface area contributed by atoms with Gasteiger partial charge in [-0.05, 0) is 41.0 Å². The van der Waals surface area contributed by atoms with Gasteiger partial charge in [-0.3, -0.25) is 9.78 Å². The van der Waals surface area contributed by atoms with Crippen LogP contribution in [0.1, 0.15) is 41.0 Å². The molecule has 0 bridgehead atoms. The minimum absolute atomic E-state index is 0.179. The van der Waals surface area contributed by atoms with Crippen molar-refractivity contribution in [3.8, 4) is 0 Å². The van der Waals surface area contributed by atoms with Crippen LogP contribution in [0.25, 0.3) is 11.0 Å². The average Bonchev–Trinajstić information content (AvgIpc) is 2.82. The van der Waals surface area contributed by atoms with Crippen LogP contribution < -0.4 is 10.9 Å². The fourth-order valence-electron chi connectivity index (χ4n) is 2.09. The zero-order valence-corrected chi connectivity index (χ0v) is 13.9. The van der Waals surface area contributed by atoms with Crippen molar-refractivity contribution in [2.45, 2.75) is 52.7 Å². The van der Waals surface area contributed by atoms with Crippen molar-refractivity contribution < 1.29 is 4.74 Å². The summed E-state index contributed by atoms with van der Waals surface area (Å²) in [5, 5.41) is 7.92. The Labute approximate surface area is 130 Å². The fourth-order valence-corrected chi connectivity index (χ4v) is 2.09. The number of fused-ring (bicyclic) bond motifs is 1. The molecular formula is C15H25N5O2. The van der Waals surface area contributed by atoms with E-state index in [1.165, 1.54) is 0 Å². The van der Waals surface area contributed by atoms with Crippen molar-refractivity contribution in [3.63, 3.8) is 0 Å². The summed E-state index contributed by atoms with van der Waals surface area (Å²) in [4.78, 5) is 19.3. The number of rotatable bonds is 6. The van der Waals surface area contributed by atoms with Crippen molar-refractivity contribution in [1.29, 1.82) is 0 Å². The molecule has 22 heavy (non-hydrogen) atoms. The Balaban J connectivity index is 2.13. The second-order valence-electron chi connectivity index (χ2n) is 6.58. The molecule has 2 N–H and O–H groups in total. The highest BCUT2D eigenvalue weighted by Gasteiger charge is 2.19. The fraction of sp³-hybridized carbons (Fsp3) is 0.667. The molecule has 7 heteroatoms. The lowest BCUT2D eigenvalue weighted by molar-refractivity contribution is 0.0787. The number of hydrogen-bond donors (Lipinski definition) is 2. The molecular weight excluding hydrogens is 282 g/mol. The highest BCUT2D eigenvalue weighted by molar-refractivity contribution is 5.74. The van der Waals surface area contributed by atoms with Crippen LogP contribution in [0.4, 0.5) is 5.95 Å². The van der Waals surface area contributed by atoms with Crippen molar-refractivity contribution in [1.82, 2.24) is 19.7 Å². The lowest BCUT2D eigenvalue weighted by Gasteiger charge is -2.19. The van der Waals surface area contributed by atoms with Gasteiger partial charge < -0.3 is 10.1 Å². The molecule has 0 atom stereocenters. The van der Waals surface area contributed by atoms with E-state index in [2.05, 4.69) is 20.4 Å². The molecule has 2 rings (SSSR count). The molecule has 0 unspecified atom stereocenters. The highest BCUT2D eigenvalue weighted by Crippen LogP contribution is 2.18. The minimum Gasteiger partial charge on any atom is -0.379 e. The van der Waals surface area contributed by atoms with Crippen LogP contribution in [0, 0.1) is 0 Å². The first-order chi connectivity index (χ1) is 10.3. The van der Waals surface area contributed by atoms with E-state index in [1.807, 2.05) is 34.6 Å². The second-order valence-corrected chi connectivity index (χ2v) is 6.58. The Morgan fingerprint density at radius 2 is 2.14 bits per heavy atom. The molecule has 7 nitrogen and oxygen atoms in total. The number of H-pyrrole nitrogens is 1. The molecule has 2 aromatic rings. The van der Waals surface area contributed by atoms with Crippen LogP contribution in [0.5, 0.6) is 0 Å². The van der Waals surface area contributed by atoms with E-state index < -0.39 is 0 Å². The van der Waals surface area contributed by atoms with E-state index in [1.54, 1.807) is 10.9 Å². The lowest BCUT2D eigenvalue weighted by atomic mass is 10.1. The Hall–Kier alpha value is -1.89. The van der Waals surface area contributed by atoms with E-state index in [9.17, 15) is 4.79 Å². The first-order valence-corrected chi connectivity index (χ1v) is 7.63. The average molecular weight is 307 g/mol. The van der Waals surface area contributed by atoms with Crippen LogP contribution >= 0.6 is 0 Å². The predicted octanol–water partition coefficient (Wildman–Crippen LogP) is 2.10. The smallest absolute Gasteiger partial charge is 0.263 e. The van der Waals surface area contributed by atoms with Gasteiger partial charge in [-0.1, -0.05) is 0 Å². The summed E-state index contributed by atoms with van der Waals surface area (Å²) in [6, 6.07) is 0. The summed E-state index contributed by atoms with van der Waals surface area (Å²) < 4.78 is 7.25. The number of nitrogens with zero attached hydrogens (tertiary/aromatic N) is 3. The molecule has 0 aliphatic rings. The normalized spacial score (nSPS) is 12.3. The minimum atomic E-state index is -0.231. The molecule has 122 valence electrons. The Kier molecular flexibility index (Phi) is 4.85. The molecule has 0 aliphatic heterocycles. The van der Waals surface area contributed by atoms with Crippen LogP contribution in [-0.4, -0.2) is 39.0 Å². The third kappa shape index (κ3) is 3.85. The maximum absolute atomic E-state index is 12.1. The Morgan fingerprint density at radius 1 is 1.41 bits per heavy atom. The van der Waals surface area contributed by atoms with Gasteiger partial charge in [0.2, 0.25) is 5.95 Å². The van der Waals surface area contributed by atoms with Gasteiger partial charge in [-0.25, -0.2) is 4.68 Å². The van der Waals surface area contributed by atoms with E-state index in [0.717, 1.165) is 6.42 Å². The molecule has 0 fully saturated rings. The first kappa shape index (κ1) is 16.5. The number of ether oxygens (including phenoxy) is 1. The van der Waals surface area contributed by atoms with Gasteiger partial charge in [0.15, 0.2) is 5.65 Å². The number of hydrogen-bond acceptors (Lipinski definition) is 5. The number of nitrogens with one attached hydrogen (secondary N) is 2. The van der Waals surface area contributed by atoms with Crippen molar-refractivity contribution in [2.24, 2.45) is 0 Å². The highest BCUT2D eigenvalue weighted by atomic mass is 16.5. The van der Waals surface area contributed by atoms with Crippen LogP contribution in [-0.2, 0) is 10.3 Å². The van der Waals surface area contributed by atoms with Gasteiger partial charge in [-0.2, -0.15) is 10.1 Å². The zero-order chi connectivity index (χ0) is 16.3. The molecule has 0 aromatic carbocycles. The third-order valence-corrected chi connectivity index (χ3v) is 3.14. The molecule has 0 radical (unpaired) electrons. The van der Waals surface area contributed by atoms with Crippen LogP contribution in [0.2, 0.25) is 0 Å². The number of aromatic amines is 1. The third-order valence-electron chi connectivity index (χ3n) is 3.14. The van der Waals surface area contributed by atoms with Crippen LogP contribution in [0.15, 0.2) is 11.0 Å². The molecule has 2 aromatic heterocycles. The summed E-state index contributed by atoms with van der Waals surface area (Å²) in [6.45, 7) is 11.5. The SMILES string of the molecule is CC(C)OCCCNc1nc2c(cnn2C(C)(C)C)c(=O)[nH]1. The Morgan fingerprint density at radius 3 is 2.77 bits per heavy atom. The number of aromatic nitrogens is 4. The molecule has 0 saturated heterocycles. The van der Waals surface area contributed by atoms with Gasteiger partial charge in [0, 0.05) is 13.2 Å². The van der Waals surface area contributed by atoms with Gasteiger partial charge in [0.1, 0.15) is 5.39 Å². The standard InChI is InChI=1S/C15H25N5O2/c1-10(2)22-8-6-7-16-14-18-12-11(13(21)19-14)9-17-20(12)15(3,4)5/h9-10H,6-8H2,1-5H3,(H2,16,18,19,21). The first-order valence-electron chi connectivity index (χ1n) is 7.63. The van der Waals surface area contributed by atoms with Crippen molar-refractivity contribution >= 4 is 17.0 Å². The molecule has 0 saturated carbocycles. The van der Waals surface area contributed by atoms with Gasteiger partial charge >= 0.3 is 0 Å². The quantitative estimate of drug-likeness (QED) is 0.798. The monoisotopic (exact) mass is 307 g/mol. The summed E-state index contributed by atoms with van der Waals surface area (Å²) in [7, 11) is 0. The molecule has 0 spiro atoms. The van der Waals surface area contributed by atoms with Gasteiger partial charge in [0.05, 0.1) is 17.8 Å². The van der Waals surface area contributed by atoms with Crippen molar-refractivity contribution in [2.75, 3.05) is 18.5 Å². The molecule has 0 aliphatic carbocycles. The predicted molar refractivity (Wildman–Crippen MR) is 87.3 cm³/mol. The maximum atomic E-state index is 12.1. The van der Waals surface area contributed by atoms with Gasteiger partial charge in [-0.15, -0.1) is 0 Å². The van der Waals surface area contributed by atoms with E-state index in [0.29, 0.717) is 30.1 Å². The zero-order valence-electron chi connectivity index (χ0n) is 13.9. The largest absolute Gasteiger partial charge is 0.379 e. The van der Waals surface area contributed by atoms with Crippen molar-refractivity contribution in [3.05, 3.63) is 16.6 Å². The molecule has 0 amide bonds. The summed E-state index contributed by atoms with van der Waals surface area (Å²) in [5.41, 5.74) is 0.184. The van der Waals surface area contributed by atoms with Crippen LogP contribution in [0.3, 0.4) is 0 Å². The summed E-state index contributed by atoms with van der Waals surface area (Å²) >= 11 is 0. The van der Waals surface area contributed by atoms with Gasteiger partial charge in [0.25, 0.3) is 5.56 Å². The second kappa shape index (κ2) is 6.48. The van der Waals surface area contributed by atoms with E-state index in [-0.39, 0.29) is 17.2 Å². The van der Waals surface area contributed by atoms with E-state index >= 15 is 0 Å². The number of anilines is 1.